The summed E-state index contributed by atoms with van der Waals surface area (Å²) in [4.78, 5) is 13.9. The number of piperidine rings is 1. The van der Waals surface area contributed by atoms with Crippen molar-refractivity contribution in [1.82, 2.24) is 4.90 Å². The lowest BCUT2D eigenvalue weighted by atomic mass is 9.80. The second kappa shape index (κ2) is 5.85. The summed E-state index contributed by atoms with van der Waals surface area (Å²) in [6.45, 7) is 10.5. The van der Waals surface area contributed by atoms with Gasteiger partial charge in [0.2, 0.25) is 5.91 Å². The van der Waals surface area contributed by atoms with E-state index in [1.54, 1.807) is 0 Å². The molecule has 0 aliphatic carbocycles. The summed E-state index contributed by atoms with van der Waals surface area (Å²) in [5, 5.41) is 0. The van der Waals surface area contributed by atoms with Gasteiger partial charge < -0.3 is 10.6 Å². The maximum Gasteiger partial charge on any atom is 0.222 e. The first-order valence-electron chi connectivity index (χ1n) is 6.85. The Morgan fingerprint density at radius 2 is 2.00 bits per heavy atom. The molecule has 3 nitrogen and oxygen atoms in total. The molecule has 100 valence electrons. The van der Waals surface area contributed by atoms with Gasteiger partial charge in [0, 0.05) is 25.6 Å². The maximum absolute atomic E-state index is 11.9. The lowest BCUT2D eigenvalue weighted by Gasteiger charge is -2.38. The number of nitrogens with two attached hydrogens (primary N) is 1. The molecule has 1 fully saturated rings. The predicted octanol–water partition coefficient (Wildman–Crippen LogP) is 2.40. The van der Waals surface area contributed by atoms with Crippen molar-refractivity contribution in [3.63, 3.8) is 0 Å². The monoisotopic (exact) mass is 240 g/mol. The Balaban J connectivity index is 2.56. The van der Waals surface area contributed by atoms with Crippen LogP contribution >= 0.6 is 0 Å². The van der Waals surface area contributed by atoms with Gasteiger partial charge in [0.05, 0.1) is 0 Å². The van der Waals surface area contributed by atoms with Crippen molar-refractivity contribution in [3.05, 3.63) is 0 Å². The van der Waals surface area contributed by atoms with E-state index >= 15 is 0 Å². The van der Waals surface area contributed by atoms with Crippen LogP contribution in [0.25, 0.3) is 0 Å². The molecule has 1 aliphatic rings. The van der Waals surface area contributed by atoms with E-state index in [2.05, 4.69) is 27.7 Å². The normalized spacial score (nSPS) is 26.1. The van der Waals surface area contributed by atoms with Crippen LogP contribution in [0.1, 0.15) is 53.4 Å². The minimum Gasteiger partial charge on any atom is -0.341 e. The molecule has 17 heavy (non-hydrogen) atoms. The van der Waals surface area contributed by atoms with E-state index in [9.17, 15) is 4.79 Å². The van der Waals surface area contributed by atoms with Crippen LogP contribution in [0.4, 0.5) is 0 Å². The molecule has 1 aliphatic heterocycles. The summed E-state index contributed by atoms with van der Waals surface area (Å²) in [7, 11) is 0. The van der Waals surface area contributed by atoms with Crippen LogP contribution in [0.3, 0.4) is 0 Å². The third-order valence-corrected chi connectivity index (χ3v) is 3.29. The van der Waals surface area contributed by atoms with E-state index in [4.69, 9.17) is 5.73 Å². The highest BCUT2D eigenvalue weighted by molar-refractivity contribution is 5.76. The zero-order valence-electron chi connectivity index (χ0n) is 11.8. The Hall–Kier alpha value is -0.570. The van der Waals surface area contributed by atoms with Gasteiger partial charge in [-0.05, 0) is 30.6 Å². The molecule has 0 spiro atoms. The number of hydrogen-bond acceptors (Lipinski definition) is 2. The standard InChI is InChI=1S/C14H28N2O/c1-5-6-13(17)16-9-11(7-12(15)10-16)8-14(2,3)4/h11-12H,5-10,15H2,1-4H3. The van der Waals surface area contributed by atoms with Crippen molar-refractivity contribution < 1.29 is 4.79 Å². The van der Waals surface area contributed by atoms with Crippen LogP contribution in [0, 0.1) is 11.3 Å². The highest BCUT2D eigenvalue weighted by Gasteiger charge is 2.30. The van der Waals surface area contributed by atoms with Gasteiger partial charge in [-0.15, -0.1) is 0 Å². The Morgan fingerprint density at radius 3 is 2.53 bits per heavy atom. The number of carbonyl (C=O) groups excluding carboxylic acids is 1. The second-order valence-electron chi connectivity index (χ2n) is 6.68. The highest BCUT2D eigenvalue weighted by atomic mass is 16.2. The molecule has 2 unspecified atom stereocenters. The molecule has 0 aromatic rings. The Labute approximate surface area is 106 Å². The van der Waals surface area contributed by atoms with Crippen molar-refractivity contribution in [2.45, 2.75) is 59.4 Å². The van der Waals surface area contributed by atoms with Crippen LogP contribution in [0.15, 0.2) is 0 Å². The largest absolute Gasteiger partial charge is 0.341 e. The van der Waals surface area contributed by atoms with Crippen molar-refractivity contribution in [1.29, 1.82) is 0 Å². The zero-order chi connectivity index (χ0) is 13.1. The van der Waals surface area contributed by atoms with Crippen molar-refractivity contribution in [3.8, 4) is 0 Å². The van der Waals surface area contributed by atoms with Gasteiger partial charge in [-0.1, -0.05) is 27.7 Å². The Bertz CT molecular complexity index is 257. The quantitative estimate of drug-likeness (QED) is 0.823. The van der Waals surface area contributed by atoms with Gasteiger partial charge in [0.1, 0.15) is 0 Å². The van der Waals surface area contributed by atoms with Crippen LogP contribution in [0.2, 0.25) is 0 Å². The molecule has 0 aromatic heterocycles. The molecule has 1 amide bonds. The number of rotatable bonds is 3. The summed E-state index contributed by atoms with van der Waals surface area (Å²) in [6, 6.07) is 0.164. The van der Waals surface area contributed by atoms with Crippen LogP contribution in [-0.4, -0.2) is 29.9 Å². The molecule has 2 atom stereocenters. The molecule has 0 radical (unpaired) electrons. The summed E-state index contributed by atoms with van der Waals surface area (Å²) in [6.07, 6.45) is 3.80. The van der Waals surface area contributed by atoms with E-state index in [-0.39, 0.29) is 11.9 Å². The fraction of sp³-hybridized carbons (Fsp3) is 0.929. The van der Waals surface area contributed by atoms with Gasteiger partial charge in [0.25, 0.3) is 0 Å². The second-order valence-corrected chi connectivity index (χ2v) is 6.68. The number of hydrogen-bond donors (Lipinski definition) is 1. The number of carbonyl (C=O) groups is 1. The Morgan fingerprint density at radius 1 is 1.35 bits per heavy atom. The Kier molecular flexibility index (Phi) is 4.99. The average molecular weight is 240 g/mol. The number of amides is 1. The van der Waals surface area contributed by atoms with E-state index in [0.29, 0.717) is 17.8 Å². The molecule has 2 N–H and O–H groups in total. The summed E-state index contributed by atoms with van der Waals surface area (Å²) >= 11 is 0. The van der Waals surface area contributed by atoms with Gasteiger partial charge in [-0.25, -0.2) is 0 Å². The number of likely N-dealkylation sites (tertiary alicyclic amines) is 1. The minimum atomic E-state index is 0.164. The molecule has 0 saturated carbocycles. The van der Waals surface area contributed by atoms with Gasteiger partial charge in [0.15, 0.2) is 0 Å². The fourth-order valence-corrected chi connectivity index (χ4v) is 2.84. The van der Waals surface area contributed by atoms with Crippen molar-refractivity contribution in [2.24, 2.45) is 17.1 Å². The predicted molar refractivity (Wildman–Crippen MR) is 71.6 cm³/mol. The van der Waals surface area contributed by atoms with Gasteiger partial charge >= 0.3 is 0 Å². The molecular formula is C14H28N2O. The van der Waals surface area contributed by atoms with Crippen LogP contribution in [-0.2, 0) is 4.79 Å². The van der Waals surface area contributed by atoms with Crippen LogP contribution in [0.5, 0.6) is 0 Å². The van der Waals surface area contributed by atoms with Crippen molar-refractivity contribution in [2.75, 3.05) is 13.1 Å². The highest BCUT2D eigenvalue weighted by Crippen LogP contribution is 2.30. The molecule has 1 rings (SSSR count). The van der Waals surface area contributed by atoms with E-state index < -0.39 is 0 Å². The molecule has 1 saturated heterocycles. The lowest BCUT2D eigenvalue weighted by molar-refractivity contribution is -0.133. The summed E-state index contributed by atoms with van der Waals surface area (Å²) in [5.74, 6) is 0.848. The average Bonchev–Trinajstić information content (AvgIpc) is 2.14. The zero-order valence-corrected chi connectivity index (χ0v) is 11.8. The SMILES string of the molecule is CCCC(=O)N1CC(N)CC(CC(C)(C)C)C1. The molecule has 0 aromatic carbocycles. The van der Waals surface area contributed by atoms with Crippen LogP contribution < -0.4 is 5.73 Å². The first-order chi connectivity index (χ1) is 7.81. The molecule has 3 heteroatoms. The van der Waals surface area contributed by atoms with Gasteiger partial charge in [-0.3, -0.25) is 4.79 Å². The molecule has 1 heterocycles. The first kappa shape index (κ1) is 14.5. The first-order valence-corrected chi connectivity index (χ1v) is 6.85. The summed E-state index contributed by atoms with van der Waals surface area (Å²) < 4.78 is 0. The maximum atomic E-state index is 11.9. The lowest BCUT2D eigenvalue weighted by Crippen LogP contribution is -2.50. The summed E-state index contributed by atoms with van der Waals surface area (Å²) in [5.41, 5.74) is 6.40. The third-order valence-electron chi connectivity index (χ3n) is 3.29. The molecular weight excluding hydrogens is 212 g/mol. The smallest absolute Gasteiger partial charge is 0.222 e. The minimum absolute atomic E-state index is 0.164. The van der Waals surface area contributed by atoms with Crippen molar-refractivity contribution >= 4 is 5.91 Å². The van der Waals surface area contributed by atoms with E-state index in [0.717, 1.165) is 32.4 Å². The third kappa shape index (κ3) is 5.07. The van der Waals surface area contributed by atoms with Gasteiger partial charge in [-0.2, -0.15) is 0 Å². The fourth-order valence-electron chi connectivity index (χ4n) is 2.84. The van der Waals surface area contributed by atoms with E-state index in [1.165, 1.54) is 0 Å². The van der Waals surface area contributed by atoms with E-state index in [1.807, 2.05) is 4.90 Å². The molecule has 0 bridgehead atoms. The topological polar surface area (TPSA) is 46.3 Å². The number of nitrogens with zero attached hydrogens (tertiary/aromatic N) is 1.